The molecule has 5 rings (SSSR count). The molecule has 4 aliphatic rings. The van der Waals surface area contributed by atoms with Crippen LogP contribution in [-0.2, 0) is 6.16 Å². The molecule has 1 saturated carbocycles. The van der Waals surface area contributed by atoms with E-state index in [4.69, 9.17) is 0 Å². The van der Waals surface area contributed by atoms with Crippen molar-refractivity contribution in [3.63, 3.8) is 0 Å². The van der Waals surface area contributed by atoms with Crippen molar-refractivity contribution >= 4 is 20.5 Å². The maximum atomic E-state index is 2.59. The van der Waals surface area contributed by atoms with Crippen LogP contribution in [0.2, 0.25) is 0 Å². The first-order chi connectivity index (χ1) is 12.1. The van der Waals surface area contributed by atoms with Crippen LogP contribution in [0, 0.1) is 17.8 Å². The summed E-state index contributed by atoms with van der Waals surface area (Å²) in [4.78, 5) is 0. The number of hydrogen-bond donors (Lipinski definition) is 0. The summed E-state index contributed by atoms with van der Waals surface area (Å²) in [6, 6.07) is 9.80. The molecule has 0 nitrogen and oxygen atoms in total. The van der Waals surface area contributed by atoms with Gasteiger partial charge in [-0.3, -0.25) is 0 Å². The van der Waals surface area contributed by atoms with E-state index in [2.05, 4.69) is 65.8 Å². The van der Waals surface area contributed by atoms with E-state index in [0.717, 1.165) is 17.8 Å². The van der Waals surface area contributed by atoms with E-state index in [9.17, 15) is 0 Å². The molecule has 146 valence electrons. The topological polar surface area (TPSA) is 0 Å². The van der Waals surface area contributed by atoms with Gasteiger partial charge >= 0.3 is 164 Å². The van der Waals surface area contributed by atoms with Crippen molar-refractivity contribution in [1.29, 1.82) is 0 Å². The van der Waals surface area contributed by atoms with E-state index in [1.54, 1.807) is 43.3 Å². The fourth-order valence-corrected chi connectivity index (χ4v) is 17.8. The molecule has 1 aromatic rings. The van der Waals surface area contributed by atoms with Gasteiger partial charge in [0, 0.05) is 0 Å². The minimum atomic E-state index is -1.24. The Hall–Kier alpha value is 0.0800. The Balaban J connectivity index is 1.70. The van der Waals surface area contributed by atoms with Crippen molar-refractivity contribution < 1.29 is 0 Å². The van der Waals surface area contributed by atoms with Gasteiger partial charge in [0.1, 0.15) is 0 Å². The van der Waals surface area contributed by atoms with Crippen LogP contribution < -0.4 is 5.30 Å². The summed E-state index contributed by atoms with van der Waals surface area (Å²) in [5.41, 5.74) is 1.76. The van der Waals surface area contributed by atoms with Gasteiger partial charge in [-0.25, -0.2) is 0 Å². The molecule has 0 atom stereocenters. The quantitative estimate of drug-likeness (QED) is 0.504. The summed E-state index contributed by atoms with van der Waals surface area (Å²) < 4.78 is 0. The van der Waals surface area contributed by atoms with Gasteiger partial charge in [-0.05, 0) is 0 Å². The average Bonchev–Trinajstić information content (AvgIpc) is 2.49. The molecule has 0 spiro atoms. The van der Waals surface area contributed by atoms with Crippen LogP contribution in [0.5, 0.6) is 0 Å². The second kappa shape index (κ2) is 6.56. The van der Waals surface area contributed by atoms with Gasteiger partial charge in [-0.1, -0.05) is 0 Å². The van der Waals surface area contributed by atoms with Gasteiger partial charge in [0.25, 0.3) is 0 Å². The fourth-order valence-electron chi connectivity index (χ4n) is 7.27. The molecular weight excluding hydrogens is 350 g/mol. The number of benzene rings is 1. The number of hydrogen-bond acceptors (Lipinski definition) is 0. The van der Waals surface area contributed by atoms with Crippen molar-refractivity contribution in [3.05, 3.63) is 29.8 Å². The summed E-state index contributed by atoms with van der Waals surface area (Å²) in [5.74, 6) is 3.27. The molecule has 4 bridgehead atoms. The fraction of sp³-hybridized carbons (Fsp3) is 0.750. The van der Waals surface area contributed by atoms with E-state index in [1.807, 2.05) is 5.30 Å². The molecule has 4 fully saturated rings. The Kier molecular flexibility index (Phi) is 4.90. The Morgan fingerprint density at radius 2 is 1.27 bits per heavy atom. The summed E-state index contributed by atoms with van der Waals surface area (Å²) >= 11 is 0. The van der Waals surface area contributed by atoms with Crippen LogP contribution >= 0.6 is 15.2 Å². The van der Waals surface area contributed by atoms with Gasteiger partial charge < -0.3 is 0 Å². The Morgan fingerprint density at radius 3 is 1.73 bits per heavy atom. The van der Waals surface area contributed by atoms with E-state index >= 15 is 0 Å². The first-order valence-corrected chi connectivity index (χ1v) is 15.1. The van der Waals surface area contributed by atoms with Crippen LogP contribution in [0.4, 0.5) is 0 Å². The molecule has 2 heteroatoms. The van der Waals surface area contributed by atoms with Crippen molar-refractivity contribution in [2.45, 2.75) is 77.3 Å². The third-order valence-corrected chi connectivity index (χ3v) is 17.2. The van der Waals surface area contributed by atoms with Crippen molar-refractivity contribution in [2.75, 3.05) is 18.5 Å². The third kappa shape index (κ3) is 3.55. The van der Waals surface area contributed by atoms with E-state index in [0.29, 0.717) is 10.3 Å². The monoisotopic (exact) mass is 390 g/mol. The van der Waals surface area contributed by atoms with E-state index in [-0.39, 0.29) is 7.92 Å². The predicted molar refractivity (Wildman–Crippen MR) is 123 cm³/mol. The second-order valence-corrected chi connectivity index (χ2v) is 20.0. The molecular formula is C24H40P2. The molecule has 3 aliphatic heterocycles. The zero-order chi connectivity index (χ0) is 18.7. The Bertz CT molecular complexity index is 612. The molecule has 0 aromatic heterocycles. The van der Waals surface area contributed by atoms with Crippen molar-refractivity contribution in [2.24, 2.45) is 17.8 Å². The summed E-state index contributed by atoms with van der Waals surface area (Å²) in [7, 11) is -1.30. The minimum absolute atomic E-state index is 0.0543. The normalized spacial score (nSPS) is 31.4. The molecule has 26 heavy (non-hydrogen) atoms. The standard InChI is InChI=1S/C24H40P2/c1-23(2,3)25(24(4,5)6)14-21-9-7-8-10-22(21)26-15-18-11-19(16-26)13-20(12-18)17-26/h7-10,18-20,26H,11-17H2,1-6H3. The van der Waals surface area contributed by atoms with Gasteiger partial charge in [0.15, 0.2) is 0 Å². The van der Waals surface area contributed by atoms with Crippen molar-refractivity contribution in [3.8, 4) is 0 Å². The SMILES string of the molecule is CC(C)(C)P(Cc1ccccc1[PH]12CC3CC(CC(C3)C1)C2)C(C)(C)C. The summed E-state index contributed by atoms with van der Waals surface area (Å²) in [6.45, 7) is 14.9. The van der Waals surface area contributed by atoms with Crippen LogP contribution in [-0.4, -0.2) is 28.8 Å². The van der Waals surface area contributed by atoms with E-state index < -0.39 is 7.26 Å². The molecule has 0 amide bonds. The van der Waals surface area contributed by atoms with Crippen LogP contribution in [0.1, 0.15) is 66.4 Å². The molecule has 3 saturated heterocycles. The first kappa shape index (κ1) is 19.4. The molecule has 0 unspecified atom stereocenters. The van der Waals surface area contributed by atoms with Crippen LogP contribution in [0.3, 0.4) is 0 Å². The zero-order valence-corrected chi connectivity index (χ0v) is 19.8. The molecule has 0 radical (unpaired) electrons. The summed E-state index contributed by atoms with van der Waals surface area (Å²) in [5, 5.41) is 2.74. The van der Waals surface area contributed by atoms with Crippen LogP contribution in [0.15, 0.2) is 24.3 Å². The molecule has 3 heterocycles. The molecule has 1 aromatic carbocycles. The van der Waals surface area contributed by atoms with Crippen molar-refractivity contribution in [1.82, 2.24) is 0 Å². The molecule has 1 aliphatic carbocycles. The van der Waals surface area contributed by atoms with E-state index in [1.165, 1.54) is 6.16 Å². The maximum absolute atomic E-state index is 2.59. The average molecular weight is 391 g/mol. The number of rotatable bonds is 3. The van der Waals surface area contributed by atoms with Gasteiger partial charge in [-0.15, -0.1) is 0 Å². The third-order valence-electron chi connectivity index (χ3n) is 7.57. The second-order valence-electron chi connectivity index (χ2n) is 11.8. The zero-order valence-electron chi connectivity index (χ0n) is 17.9. The molecule has 0 N–H and O–H groups in total. The predicted octanol–water partition coefficient (Wildman–Crippen LogP) is 6.70. The first-order valence-electron chi connectivity index (χ1n) is 10.9. The van der Waals surface area contributed by atoms with Gasteiger partial charge in [0.05, 0.1) is 0 Å². The Labute approximate surface area is 164 Å². The van der Waals surface area contributed by atoms with Gasteiger partial charge in [0.2, 0.25) is 0 Å². The summed E-state index contributed by atoms with van der Waals surface area (Å²) in [6.07, 6.45) is 10.9. The van der Waals surface area contributed by atoms with Crippen LogP contribution in [0.25, 0.3) is 0 Å². The Morgan fingerprint density at radius 1 is 0.808 bits per heavy atom. The van der Waals surface area contributed by atoms with Gasteiger partial charge in [-0.2, -0.15) is 0 Å².